The standard InChI is InChI=1S/C7H4INO5/c8-14-7(10)13-6-3-1-5(2-4-6)9(11)12/h1-4H. The summed E-state index contributed by atoms with van der Waals surface area (Å²) >= 11 is 1.37. The molecule has 0 unspecified atom stereocenters. The molecule has 0 aliphatic heterocycles. The summed E-state index contributed by atoms with van der Waals surface area (Å²) in [4.78, 5) is 20.3. The average molecular weight is 309 g/mol. The van der Waals surface area contributed by atoms with E-state index in [0.717, 1.165) is 0 Å². The molecular formula is C7H4INO5. The molecule has 7 heteroatoms. The third kappa shape index (κ3) is 2.83. The number of carbonyl (C=O) groups is 1. The predicted octanol–water partition coefficient (Wildman–Crippen LogP) is 2.46. The number of nitrogens with zero attached hydrogens (tertiary/aromatic N) is 1. The lowest BCUT2D eigenvalue weighted by Gasteiger charge is -1.99. The van der Waals surface area contributed by atoms with Gasteiger partial charge in [0.1, 0.15) is 5.75 Å². The fraction of sp³-hybridized carbons (Fsp3) is 0. The molecule has 1 aromatic carbocycles. The van der Waals surface area contributed by atoms with Gasteiger partial charge in [-0.3, -0.25) is 10.1 Å². The molecule has 14 heavy (non-hydrogen) atoms. The molecule has 6 nitrogen and oxygen atoms in total. The van der Waals surface area contributed by atoms with Crippen LogP contribution in [0.25, 0.3) is 0 Å². The number of hydrogen-bond acceptors (Lipinski definition) is 5. The Morgan fingerprint density at radius 2 is 1.93 bits per heavy atom. The van der Waals surface area contributed by atoms with Crippen molar-refractivity contribution in [2.45, 2.75) is 0 Å². The minimum absolute atomic E-state index is 0.0693. The van der Waals surface area contributed by atoms with Gasteiger partial charge in [-0.2, -0.15) is 0 Å². The van der Waals surface area contributed by atoms with E-state index in [0.29, 0.717) is 0 Å². The minimum atomic E-state index is -0.876. The highest BCUT2D eigenvalue weighted by Gasteiger charge is 2.07. The second-order valence-corrected chi connectivity index (χ2v) is 2.62. The van der Waals surface area contributed by atoms with Crippen molar-refractivity contribution in [3.05, 3.63) is 34.4 Å². The van der Waals surface area contributed by atoms with Crippen LogP contribution < -0.4 is 4.74 Å². The smallest absolute Gasteiger partial charge is 0.394 e. The van der Waals surface area contributed by atoms with Crippen molar-refractivity contribution in [3.8, 4) is 5.75 Å². The predicted molar refractivity (Wildman–Crippen MR) is 54.2 cm³/mol. The van der Waals surface area contributed by atoms with E-state index in [4.69, 9.17) is 0 Å². The number of halogens is 1. The Morgan fingerprint density at radius 3 is 2.36 bits per heavy atom. The van der Waals surface area contributed by atoms with Gasteiger partial charge >= 0.3 is 6.16 Å². The first kappa shape index (κ1) is 10.7. The van der Waals surface area contributed by atoms with Crippen LogP contribution in [0.5, 0.6) is 5.75 Å². The van der Waals surface area contributed by atoms with Gasteiger partial charge in [0.15, 0.2) is 23.0 Å². The Hall–Kier alpha value is -1.38. The van der Waals surface area contributed by atoms with Gasteiger partial charge in [-0.05, 0) is 12.1 Å². The second-order valence-electron chi connectivity index (χ2n) is 2.18. The highest BCUT2D eigenvalue weighted by atomic mass is 127. The molecule has 1 rings (SSSR count). The molecule has 0 aliphatic rings. The maximum atomic E-state index is 10.6. The first-order chi connectivity index (χ1) is 6.63. The van der Waals surface area contributed by atoms with Gasteiger partial charge in [-0.15, -0.1) is 0 Å². The molecule has 0 radical (unpaired) electrons. The van der Waals surface area contributed by atoms with E-state index in [2.05, 4.69) is 7.80 Å². The number of rotatable bonds is 2. The first-order valence-electron chi connectivity index (χ1n) is 3.38. The van der Waals surface area contributed by atoms with Crippen molar-refractivity contribution in [1.29, 1.82) is 0 Å². The van der Waals surface area contributed by atoms with Gasteiger partial charge in [0.05, 0.1) is 4.92 Å². The van der Waals surface area contributed by atoms with Crippen molar-refractivity contribution in [2.24, 2.45) is 0 Å². The maximum absolute atomic E-state index is 10.6. The van der Waals surface area contributed by atoms with Crippen molar-refractivity contribution < 1.29 is 17.5 Å². The van der Waals surface area contributed by atoms with Crippen LogP contribution in [0, 0.1) is 10.1 Å². The summed E-state index contributed by atoms with van der Waals surface area (Å²) in [5.74, 6) is 0.192. The molecule has 0 aliphatic carbocycles. The molecule has 0 N–H and O–H groups in total. The molecule has 0 heterocycles. The van der Waals surface area contributed by atoms with E-state index in [-0.39, 0.29) is 11.4 Å². The molecule has 0 spiro atoms. The van der Waals surface area contributed by atoms with Crippen LogP contribution in [-0.4, -0.2) is 11.1 Å². The lowest BCUT2D eigenvalue weighted by atomic mass is 10.3. The van der Waals surface area contributed by atoms with Crippen molar-refractivity contribution in [1.82, 2.24) is 0 Å². The maximum Gasteiger partial charge on any atom is 0.523 e. The molecule has 0 atom stereocenters. The number of carbonyl (C=O) groups excluding carboxylic acids is 1. The number of non-ortho nitro benzene ring substituents is 1. The zero-order valence-corrected chi connectivity index (χ0v) is 8.83. The summed E-state index contributed by atoms with van der Waals surface area (Å²) in [6.07, 6.45) is -0.876. The van der Waals surface area contributed by atoms with Crippen LogP contribution in [0.4, 0.5) is 10.5 Å². The number of hydrogen-bond donors (Lipinski definition) is 0. The van der Waals surface area contributed by atoms with Crippen LogP contribution >= 0.6 is 23.0 Å². The molecule has 0 aromatic heterocycles. The average Bonchev–Trinajstić information content (AvgIpc) is 2.18. The third-order valence-corrected chi connectivity index (χ3v) is 1.67. The topological polar surface area (TPSA) is 78.7 Å². The summed E-state index contributed by atoms with van der Waals surface area (Å²) < 4.78 is 8.81. The van der Waals surface area contributed by atoms with Gasteiger partial charge in [-0.1, -0.05) is 0 Å². The van der Waals surface area contributed by atoms with Crippen molar-refractivity contribution in [3.63, 3.8) is 0 Å². The van der Waals surface area contributed by atoms with Gasteiger partial charge in [0.2, 0.25) is 0 Å². The summed E-state index contributed by atoms with van der Waals surface area (Å²) in [5, 5.41) is 10.3. The summed E-state index contributed by atoms with van der Waals surface area (Å²) in [6, 6.07) is 5.09. The van der Waals surface area contributed by atoms with E-state index >= 15 is 0 Å². The number of ether oxygens (including phenoxy) is 1. The van der Waals surface area contributed by atoms with Crippen LogP contribution in [0.15, 0.2) is 24.3 Å². The van der Waals surface area contributed by atoms with Crippen LogP contribution in [0.3, 0.4) is 0 Å². The fourth-order valence-electron chi connectivity index (χ4n) is 0.748. The normalized spacial score (nSPS) is 9.21. The molecule has 0 saturated heterocycles. The third-order valence-electron chi connectivity index (χ3n) is 1.31. The Kier molecular flexibility index (Phi) is 3.63. The molecule has 1 aromatic rings. The number of nitro benzene ring substituents is 1. The number of nitro groups is 1. The zero-order chi connectivity index (χ0) is 10.6. The van der Waals surface area contributed by atoms with E-state index in [1.807, 2.05) is 0 Å². The van der Waals surface area contributed by atoms with Crippen LogP contribution in [0.1, 0.15) is 0 Å². The Balaban J connectivity index is 2.73. The molecule has 0 bridgehead atoms. The largest absolute Gasteiger partial charge is 0.523 e. The van der Waals surface area contributed by atoms with E-state index in [9.17, 15) is 14.9 Å². The van der Waals surface area contributed by atoms with E-state index < -0.39 is 11.1 Å². The van der Waals surface area contributed by atoms with Crippen LogP contribution in [0.2, 0.25) is 0 Å². The minimum Gasteiger partial charge on any atom is -0.394 e. The van der Waals surface area contributed by atoms with Crippen molar-refractivity contribution in [2.75, 3.05) is 0 Å². The molecule has 0 saturated carbocycles. The number of benzene rings is 1. The molecular weight excluding hydrogens is 305 g/mol. The fourth-order valence-corrected chi connectivity index (χ4v) is 0.838. The Bertz CT molecular complexity index is 350. The lowest BCUT2D eigenvalue weighted by Crippen LogP contribution is -2.04. The highest BCUT2D eigenvalue weighted by molar-refractivity contribution is 14.1. The van der Waals surface area contributed by atoms with Crippen LogP contribution in [-0.2, 0) is 3.07 Å². The Morgan fingerprint density at radius 1 is 1.36 bits per heavy atom. The van der Waals surface area contributed by atoms with Gasteiger partial charge < -0.3 is 7.80 Å². The second kappa shape index (κ2) is 4.74. The van der Waals surface area contributed by atoms with Crippen molar-refractivity contribution >= 4 is 34.8 Å². The van der Waals surface area contributed by atoms with Gasteiger partial charge in [0.25, 0.3) is 5.69 Å². The zero-order valence-electron chi connectivity index (χ0n) is 6.68. The summed E-state index contributed by atoms with van der Waals surface area (Å²) in [6.45, 7) is 0. The monoisotopic (exact) mass is 309 g/mol. The quantitative estimate of drug-likeness (QED) is 0.276. The van der Waals surface area contributed by atoms with Gasteiger partial charge in [-0.25, -0.2) is 4.79 Å². The van der Waals surface area contributed by atoms with E-state index in [1.165, 1.54) is 47.3 Å². The molecule has 74 valence electrons. The van der Waals surface area contributed by atoms with E-state index in [1.54, 1.807) is 0 Å². The lowest BCUT2D eigenvalue weighted by molar-refractivity contribution is -0.384. The Labute approximate surface area is 92.7 Å². The SMILES string of the molecule is O=C(OI)Oc1ccc([N+](=O)[O-])cc1. The summed E-state index contributed by atoms with van der Waals surface area (Å²) in [5.41, 5.74) is -0.0693. The molecule has 0 amide bonds. The molecule has 0 fully saturated rings. The van der Waals surface area contributed by atoms with Gasteiger partial charge in [0, 0.05) is 12.1 Å². The summed E-state index contributed by atoms with van der Waals surface area (Å²) in [7, 11) is 0. The highest BCUT2D eigenvalue weighted by Crippen LogP contribution is 2.17. The first-order valence-corrected chi connectivity index (χ1v) is 4.26.